The zero-order chi connectivity index (χ0) is 17.3. The minimum absolute atomic E-state index is 0.283. The Morgan fingerprint density at radius 2 is 2.00 bits per heavy atom. The molecule has 0 unspecified atom stereocenters. The van der Waals surface area contributed by atoms with Crippen molar-refractivity contribution in [1.82, 2.24) is 10.2 Å². The fourth-order valence-corrected chi connectivity index (χ4v) is 3.65. The number of amides is 3. The smallest absolute Gasteiger partial charge is 0.325 e. The molecule has 3 rings (SSSR count). The lowest BCUT2D eigenvalue weighted by molar-refractivity contribution is -0.132. The van der Waals surface area contributed by atoms with Gasteiger partial charge in [0.1, 0.15) is 11.3 Å². The Morgan fingerprint density at radius 3 is 2.62 bits per heavy atom. The molecule has 2 aliphatic rings. The quantitative estimate of drug-likeness (QED) is 0.669. The summed E-state index contributed by atoms with van der Waals surface area (Å²) in [6.07, 6.45) is 4.14. The Kier molecular flexibility index (Phi) is 4.49. The third-order valence-electron chi connectivity index (χ3n) is 4.73. The van der Waals surface area contributed by atoms with Crippen molar-refractivity contribution in [2.24, 2.45) is 0 Å². The molecule has 0 bridgehead atoms. The minimum Gasteiger partial charge on any atom is -0.495 e. The highest BCUT2D eigenvalue weighted by atomic mass is 35.5. The average Bonchev–Trinajstić information content (AvgIpc) is 2.79. The van der Waals surface area contributed by atoms with Gasteiger partial charge in [0, 0.05) is 5.56 Å². The third-order valence-corrected chi connectivity index (χ3v) is 5.02. The van der Waals surface area contributed by atoms with E-state index in [4.69, 9.17) is 16.3 Å². The van der Waals surface area contributed by atoms with Gasteiger partial charge in [-0.05, 0) is 31.0 Å². The van der Waals surface area contributed by atoms with Gasteiger partial charge in [-0.2, -0.15) is 0 Å². The monoisotopic (exact) mass is 350 g/mol. The number of carbonyl (C=O) groups is 3. The van der Waals surface area contributed by atoms with Crippen molar-refractivity contribution in [3.8, 4) is 5.75 Å². The van der Waals surface area contributed by atoms with Crippen LogP contribution in [-0.4, -0.2) is 41.8 Å². The Labute approximate surface area is 145 Å². The van der Waals surface area contributed by atoms with E-state index in [0.717, 1.165) is 24.2 Å². The van der Waals surface area contributed by atoms with Crippen molar-refractivity contribution < 1.29 is 19.1 Å². The normalized spacial score (nSPS) is 19.5. The summed E-state index contributed by atoms with van der Waals surface area (Å²) in [6, 6.07) is 4.15. The number of imide groups is 1. The van der Waals surface area contributed by atoms with Crippen LogP contribution in [-0.2, 0) is 4.79 Å². The molecule has 1 aromatic carbocycles. The van der Waals surface area contributed by atoms with Gasteiger partial charge in [0.15, 0.2) is 5.78 Å². The molecule has 0 aromatic heterocycles. The van der Waals surface area contributed by atoms with Crippen LogP contribution in [0.2, 0.25) is 5.02 Å². The van der Waals surface area contributed by atoms with E-state index >= 15 is 0 Å². The molecule has 0 atom stereocenters. The van der Waals surface area contributed by atoms with Crippen LogP contribution in [0.25, 0.3) is 0 Å². The first-order valence-corrected chi connectivity index (χ1v) is 8.35. The van der Waals surface area contributed by atoms with Crippen molar-refractivity contribution in [3.63, 3.8) is 0 Å². The predicted molar refractivity (Wildman–Crippen MR) is 88.4 cm³/mol. The summed E-state index contributed by atoms with van der Waals surface area (Å²) < 4.78 is 5.05. The van der Waals surface area contributed by atoms with Gasteiger partial charge in [-0.3, -0.25) is 14.5 Å². The summed E-state index contributed by atoms with van der Waals surface area (Å²) in [5, 5.41) is 3.10. The molecule has 6 nitrogen and oxygen atoms in total. The number of methoxy groups -OCH3 is 1. The number of benzene rings is 1. The lowest BCUT2D eigenvalue weighted by Crippen LogP contribution is -2.48. The van der Waals surface area contributed by atoms with Crippen LogP contribution >= 0.6 is 11.6 Å². The van der Waals surface area contributed by atoms with Crippen molar-refractivity contribution in [2.45, 2.75) is 37.6 Å². The van der Waals surface area contributed by atoms with Crippen LogP contribution in [0, 0.1) is 0 Å². The third kappa shape index (κ3) is 2.86. The van der Waals surface area contributed by atoms with Gasteiger partial charge in [0.2, 0.25) is 0 Å². The first-order valence-electron chi connectivity index (χ1n) is 7.98. The summed E-state index contributed by atoms with van der Waals surface area (Å²) in [5.41, 5.74) is -0.473. The Bertz CT molecular complexity index is 698. The summed E-state index contributed by atoms with van der Waals surface area (Å²) >= 11 is 6.03. The number of hydrogen-bond acceptors (Lipinski definition) is 4. The molecule has 1 N–H and O–H groups in total. The van der Waals surface area contributed by atoms with Gasteiger partial charge < -0.3 is 10.1 Å². The first-order chi connectivity index (χ1) is 11.5. The van der Waals surface area contributed by atoms with Crippen molar-refractivity contribution >= 4 is 29.3 Å². The topological polar surface area (TPSA) is 75.7 Å². The number of Topliss-reactive ketones (excluding diaryl/α,β-unsaturated/α-hetero) is 1. The molecule has 1 saturated carbocycles. The number of ether oxygens (including phenoxy) is 1. The molecule has 1 spiro atoms. The molecule has 3 amide bonds. The largest absolute Gasteiger partial charge is 0.495 e. The maximum absolute atomic E-state index is 12.7. The molecule has 2 fully saturated rings. The van der Waals surface area contributed by atoms with Gasteiger partial charge in [-0.1, -0.05) is 30.9 Å². The SMILES string of the molecule is COc1ccc(C(=O)CN2C(=O)NC3(CCCCC3)C2=O)cc1Cl. The van der Waals surface area contributed by atoms with Gasteiger partial charge in [-0.25, -0.2) is 4.79 Å². The maximum Gasteiger partial charge on any atom is 0.325 e. The summed E-state index contributed by atoms with van der Waals surface area (Å²) in [5.74, 6) is -0.166. The second kappa shape index (κ2) is 6.43. The van der Waals surface area contributed by atoms with E-state index in [0.29, 0.717) is 29.2 Å². The number of hydrogen-bond donors (Lipinski definition) is 1. The Hall–Kier alpha value is -2.08. The lowest BCUT2D eigenvalue weighted by Gasteiger charge is -2.30. The molecule has 128 valence electrons. The van der Waals surface area contributed by atoms with E-state index in [2.05, 4.69) is 5.32 Å². The second-order valence-electron chi connectivity index (χ2n) is 6.24. The van der Waals surface area contributed by atoms with Gasteiger partial charge in [-0.15, -0.1) is 0 Å². The molecule has 0 radical (unpaired) electrons. The maximum atomic E-state index is 12.7. The van der Waals surface area contributed by atoms with E-state index in [9.17, 15) is 14.4 Å². The van der Waals surface area contributed by atoms with Gasteiger partial charge >= 0.3 is 6.03 Å². The lowest BCUT2D eigenvalue weighted by atomic mass is 9.82. The van der Waals surface area contributed by atoms with Crippen LogP contribution in [0.3, 0.4) is 0 Å². The van der Waals surface area contributed by atoms with Crippen molar-refractivity contribution in [2.75, 3.05) is 13.7 Å². The van der Waals surface area contributed by atoms with E-state index in [1.807, 2.05) is 0 Å². The number of urea groups is 1. The standard InChI is InChI=1S/C17H19ClN2O4/c1-24-14-6-5-11(9-12(14)18)13(21)10-20-15(22)17(19-16(20)23)7-3-2-4-8-17/h5-6,9H,2-4,7-8,10H2,1H3,(H,19,23). The summed E-state index contributed by atoms with van der Waals surface area (Å²) in [4.78, 5) is 38.3. The van der Waals surface area contributed by atoms with Crippen LogP contribution in [0.4, 0.5) is 4.79 Å². The Morgan fingerprint density at radius 1 is 1.29 bits per heavy atom. The van der Waals surface area contributed by atoms with Crippen LogP contribution in [0.15, 0.2) is 18.2 Å². The number of nitrogens with one attached hydrogen (secondary N) is 1. The first kappa shape index (κ1) is 16.8. The fourth-order valence-electron chi connectivity index (χ4n) is 3.39. The van der Waals surface area contributed by atoms with Gasteiger partial charge in [0.05, 0.1) is 18.7 Å². The number of carbonyl (C=O) groups excluding carboxylic acids is 3. The molecule has 7 heteroatoms. The zero-order valence-electron chi connectivity index (χ0n) is 13.4. The minimum atomic E-state index is -0.812. The van der Waals surface area contributed by atoms with E-state index in [1.165, 1.54) is 13.2 Å². The van der Waals surface area contributed by atoms with Crippen LogP contribution < -0.4 is 10.1 Å². The zero-order valence-corrected chi connectivity index (χ0v) is 14.2. The number of halogens is 1. The number of ketones is 1. The second-order valence-corrected chi connectivity index (χ2v) is 6.64. The van der Waals surface area contributed by atoms with E-state index < -0.39 is 11.6 Å². The molecular formula is C17H19ClN2O4. The molecule has 1 aliphatic carbocycles. The van der Waals surface area contributed by atoms with Crippen LogP contribution in [0.1, 0.15) is 42.5 Å². The number of rotatable bonds is 4. The molecule has 1 heterocycles. The highest BCUT2D eigenvalue weighted by Gasteiger charge is 2.51. The highest BCUT2D eigenvalue weighted by molar-refractivity contribution is 6.32. The van der Waals surface area contributed by atoms with Crippen molar-refractivity contribution in [3.05, 3.63) is 28.8 Å². The van der Waals surface area contributed by atoms with Crippen molar-refractivity contribution in [1.29, 1.82) is 0 Å². The molecule has 1 aliphatic heterocycles. The van der Waals surface area contributed by atoms with E-state index in [1.54, 1.807) is 12.1 Å². The molecular weight excluding hydrogens is 332 g/mol. The molecule has 1 saturated heterocycles. The predicted octanol–water partition coefficient (Wildman–Crippen LogP) is 2.79. The Balaban J connectivity index is 1.75. The number of nitrogens with zero attached hydrogens (tertiary/aromatic N) is 1. The molecule has 24 heavy (non-hydrogen) atoms. The summed E-state index contributed by atoms with van der Waals surface area (Å²) in [6.45, 7) is -0.283. The van der Waals surface area contributed by atoms with Gasteiger partial charge in [0.25, 0.3) is 5.91 Å². The fraction of sp³-hybridized carbons (Fsp3) is 0.471. The summed E-state index contributed by atoms with van der Waals surface area (Å²) in [7, 11) is 1.49. The van der Waals surface area contributed by atoms with E-state index in [-0.39, 0.29) is 18.2 Å². The molecule has 1 aromatic rings. The highest BCUT2D eigenvalue weighted by Crippen LogP contribution is 2.34. The van der Waals surface area contributed by atoms with Crippen LogP contribution in [0.5, 0.6) is 5.75 Å². The average molecular weight is 351 g/mol.